The number of nitrogens with zero attached hydrogens (tertiary/aromatic N) is 1. The summed E-state index contributed by atoms with van der Waals surface area (Å²) in [6.45, 7) is 2.41. The van der Waals surface area contributed by atoms with Gasteiger partial charge in [-0.05, 0) is 43.2 Å². The summed E-state index contributed by atoms with van der Waals surface area (Å²) in [7, 11) is 0. The van der Waals surface area contributed by atoms with Crippen LogP contribution in [-0.4, -0.2) is 53.3 Å². The summed E-state index contributed by atoms with van der Waals surface area (Å²) in [4.78, 5) is 37.8. The molecule has 2 heterocycles. The molecule has 2 aromatic carbocycles. The van der Waals surface area contributed by atoms with Gasteiger partial charge in [-0.25, -0.2) is 9.59 Å². The number of nitrogens with one attached hydrogen (secondary N) is 1. The van der Waals surface area contributed by atoms with Gasteiger partial charge in [0.1, 0.15) is 11.6 Å². The molecular weight excluding hydrogens is 428 g/mol. The summed E-state index contributed by atoms with van der Waals surface area (Å²) in [5.41, 5.74) is 1.85. The lowest BCUT2D eigenvalue weighted by molar-refractivity contribution is -0.123. The maximum absolute atomic E-state index is 13.1. The van der Waals surface area contributed by atoms with Crippen molar-refractivity contribution in [3.63, 3.8) is 0 Å². The number of carbonyl (C=O) groups excluding carboxylic acids is 2. The highest BCUT2D eigenvalue weighted by Crippen LogP contribution is 2.27. The van der Waals surface area contributed by atoms with E-state index < -0.39 is 30.1 Å². The minimum Gasteiger partial charge on any atom is -0.465 e. The zero-order chi connectivity index (χ0) is 23.4. The fourth-order valence-electron chi connectivity index (χ4n) is 3.88. The Morgan fingerprint density at radius 3 is 2.67 bits per heavy atom. The van der Waals surface area contributed by atoms with E-state index in [1.54, 1.807) is 25.1 Å². The molecule has 1 saturated heterocycles. The molecule has 0 radical (unpaired) electrons. The van der Waals surface area contributed by atoms with Gasteiger partial charge in [-0.3, -0.25) is 9.69 Å². The third-order valence-corrected chi connectivity index (χ3v) is 5.42. The zero-order valence-corrected chi connectivity index (χ0v) is 18.0. The number of hydrogen-bond donors (Lipinski definition) is 2. The summed E-state index contributed by atoms with van der Waals surface area (Å²) in [5, 5.41) is 13.0. The van der Waals surface area contributed by atoms with E-state index in [1.807, 2.05) is 30.3 Å². The van der Waals surface area contributed by atoms with Crippen LogP contribution in [0.4, 0.5) is 10.5 Å². The number of furan rings is 1. The van der Waals surface area contributed by atoms with Crippen molar-refractivity contribution in [2.24, 2.45) is 0 Å². The average Bonchev–Trinajstić information content (AvgIpc) is 3.43. The van der Waals surface area contributed by atoms with Crippen LogP contribution in [0.1, 0.15) is 29.5 Å². The Kier molecular flexibility index (Phi) is 6.60. The monoisotopic (exact) mass is 452 g/mol. The number of fused-ring (bicyclic) bond motifs is 1. The summed E-state index contributed by atoms with van der Waals surface area (Å²) >= 11 is 0. The van der Waals surface area contributed by atoms with Crippen molar-refractivity contribution in [3.8, 4) is 0 Å². The molecule has 172 valence electrons. The molecule has 4 rings (SSSR count). The molecule has 9 nitrogen and oxygen atoms in total. The van der Waals surface area contributed by atoms with Gasteiger partial charge in [0.05, 0.1) is 19.3 Å². The molecular formula is C24H24N2O7. The first-order valence-electron chi connectivity index (χ1n) is 10.6. The van der Waals surface area contributed by atoms with Gasteiger partial charge in [0.25, 0.3) is 0 Å². The second-order valence-corrected chi connectivity index (χ2v) is 7.62. The van der Waals surface area contributed by atoms with Crippen molar-refractivity contribution in [1.29, 1.82) is 0 Å². The van der Waals surface area contributed by atoms with Crippen LogP contribution in [0.5, 0.6) is 0 Å². The molecule has 2 amide bonds. The Bertz CT molecular complexity index is 1160. The van der Waals surface area contributed by atoms with E-state index in [-0.39, 0.29) is 25.5 Å². The maximum atomic E-state index is 13.1. The van der Waals surface area contributed by atoms with E-state index >= 15 is 0 Å². The van der Waals surface area contributed by atoms with Gasteiger partial charge in [0.15, 0.2) is 0 Å². The minimum absolute atomic E-state index is 0.0672. The van der Waals surface area contributed by atoms with Gasteiger partial charge in [-0.1, -0.05) is 30.3 Å². The van der Waals surface area contributed by atoms with Crippen LogP contribution >= 0.6 is 0 Å². The summed E-state index contributed by atoms with van der Waals surface area (Å²) < 4.78 is 16.4. The molecule has 1 aliphatic heterocycles. The van der Waals surface area contributed by atoms with Crippen LogP contribution in [0.3, 0.4) is 0 Å². The number of esters is 1. The number of amides is 2. The Balaban J connectivity index is 1.49. The second kappa shape index (κ2) is 9.74. The fraction of sp³-hybridized carbons (Fsp3) is 0.292. The smallest absolute Gasteiger partial charge is 0.408 e. The maximum Gasteiger partial charge on any atom is 0.408 e. The molecule has 2 atom stereocenters. The first kappa shape index (κ1) is 22.3. The van der Waals surface area contributed by atoms with Crippen molar-refractivity contribution in [3.05, 3.63) is 65.9 Å². The van der Waals surface area contributed by atoms with Crippen LogP contribution in [0.15, 0.2) is 59.0 Å². The van der Waals surface area contributed by atoms with Crippen molar-refractivity contribution in [2.45, 2.75) is 32.1 Å². The van der Waals surface area contributed by atoms with Crippen LogP contribution in [0.2, 0.25) is 0 Å². The number of rotatable bonds is 7. The number of benzene rings is 2. The minimum atomic E-state index is -1.18. The van der Waals surface area contributed by atoms with E-state index in [9.17, 15) is 19.5 Å². The largest absolute Gasteiger partial charge is 0.465 e. The van der Waals surface area contributed by atoms with E-state index in [2.05, 4.69) is 5.32 Å². The highest BCUT2D eigenvalue weighted by Gasteiger charge is 2.42. The molecule has 0 unspecified atom stereocenters. The van der Waals surface area contributed by atoms with Gasteiger partial charge < -0.3 is 24.3 Å². The third kappa shape index (κ3) is 4.98. The van der Waals surface area contributed by atoms with Crippen LogP contribution < -0.4 is 5.32 Å². The molecule has 0 spiro atoms. The number of anilines is 1. The Hall–Kier alpha value is -3.85. The van der Waals surface area contributed by atoms with E-state index in [0.717, 1.165) is 10.5 Å². The number of likely N-dealkylation sites (tertiary alicyclic amines) is 1. The SMILES string of the molecule is CCOC(=O)c1cc2cc(NC(=O)[C@@H]3[C@H](OCc4ccccc4)CCN3C(=O)O)ccc2o1. The first-order valence-corrected chi connectivity index (χ1v) is 10.6. The second-order valence-electron chi connectivity index (χ2n) is 7.62. The predicted molar refractivity (Wildman–Crippen MR) is 119 cm³/mol. The van der Waals surface area contributed by atoms with Crippen LogP contribution in [0.25, 0.3) is 11.0 Å². The quantitative estimate of drug-likeness (QED) is 0.522. The summed E-state index contributed by atoms with van der Waals surface area (Å²) in [6.07, 6.45) is -1.33. The highest BCUT2D eigenvalue weighted by atomic mass is 16.5. The van der Waals surface area contributed by atoms with Crippen molar-refractivity contribution < 1.29 is 33.4 Å². The van der Waals surface area contributed by atoms with Crippen LogP contribution in [-0.2, 0) is 20.9 Å². The number of carboxylic acid groups (broad SMARTS) is 1. The Morgan fingerprint density at radius 2 is 1.94 bits per heavy atom. The van der Waals surface area contributed by atoms with Gasteiger partial charge in [-0.15, -0.1) is 0 Å². The Morgan fingerprint density at radius 1 is 1.15 bits per heavy atom. The summed E-state index contributed by atoms with van der Waals surface area (Å²) in [5.74, 6) is -0.986. The molecule has 0 bridgehead atoms. The number of ether oxygens (including phenoxy) is 2. The molecule has 1 aliphatic rings. The topological polar surface area (TPSA) is 118 Å². The molecule has 0 aliphatic carbocycles. The van der Waals surface area contributed by atoms with Gasteiger partial charge in [0, 0.05) is 17.6 Å². The normalized spacial score (nSPS) is 17.8. The van der Waals surface area contributed by atoms with Crippen molar-refractivity contribution >= 4 is 34.6 Å². The molecule has 33 heavy (non-hydrogen) atoms. The number of carbonyl (C=O) groups is 3. The molecule has 0 saturated carbocycles. The van der Waals surface area contributed by atoms with Crippen molar-refractivity contribution in [2.75, 3.05) is 18.5 Å². The first-order chi connectivity index (χ1) is 16.0. The van der Waals surface area contributed by atoms with Gasteiger partial charge in [0.2, 0.25) is 11.7 Å². The van der Waals surface area contributed by atoms with E-state index in [1.165, 1.54) is 6.07 Å². The fourth-order valence-corrected chi connectivity index (χ4v) is 3.88. The molecule has 1 fully saturated rings. The third-order valence-electron chi connectivity index (χ3n) is 5.42. The van der Waals surface area contributed by atoms with Gasteiger partial charge in [-0.2, -0.15) is 0 Å². The predicted octanol–water partition coefficient (Wildman–Crippen LogP) is 3.89. The number of hydrogen-bond acceptors (Lipinski definition) is 6. The standard InChI is InChI=1S/C24H24N2O7/c1-2-31-23(28)20-13-16-12-17(8-9-18(16)33-20)25-22(27)21-19(10-11-26(21)24(29)30)32-14-15-6-4-3-5-7-15/h3-9,12-13,19,21H,2,10-11,14H2,1H3,(H,25,27)(H,29,30)/t19-,21+/m1/s1. The lowest BCUT2D eigenvalue weighted by Gasteiger charge is -2.25. The van der Waals surface area contributed by atoms with E-state index in [4.69, 9.17) is 13.9 Å². The molecule has 1 aromatic heterocycles. The summed E-state index contributed by atoms with van der Waals surface area (Å²) in [6, 6.07) is 14.9. The van der Waals surface area contributed by atoms with Crippen LogP contribution in [0, 0.1) is 0 Å². The lowest BCUT2D eigenvalue weighted by Crippen LogP contribution is -2.47. The van der Waals surface area contributed by atoms with E-state index in [0.29, 0.717) is 23.1 Å². The highest BCUT2D eigenvalue weighted by molar-refractivity contribution is 5.99. The molecule has 2 N–H and O–H groups in total. The Labute approximate surface area is 189 Å². The lowest BCUT2D eigenvalue weighted by atomic mass is 10.1. The zero-order valence-electron chi connectivity index (χ0n) is 18.0. The average molecular weight is 452 g/mol. The van der Waals surface area contributed by atoms with Gasteiger partial charge >= 0.3 is 12.1 Å². The molecule has 3 aromatic rings. The molecule has 9 heteroatoms. The van der Waals surface area contributed by atoms with Crippen molar-refractivity contribution in [1.82, 2.24) is 4.90 Å².